The van der Waals surface area contributed by atoms with Crippen molar-refractivity contribution in [1.29, 1.82) is 0 Å². The van der Waals surface area contributed by atoms with Gasteiger partial charge in [0, 0.05) is 0 Å². The van der Waals surface area contributed by atoms with E-state index in [1.807, 2.05) is 0 Å². The standard InChI is InChI=1S/C36H66N2S/c1-5-7-9-11-13-15-17-19-21-23-25-27-29-31-33(3)35-37-38-36(39-35)34(4)32-30-28-26-24-22-20-18-16-14-12-10-8-6-2/h31-32H,5-30H2,1-4H3. The molecule has 1 aromatic rings. The summed E-state index contributed by atoms with van der Waals surface area (Å²) in [7, 11) is 0. The van der Waals surface area contributed by atoms with Crippen LogP contribution in [0.15, 0.2) is 12.2 Å². The zero-order valence-corrected chi connectivity index (χ0v) is 27.7. The van der Waals surface area contributed by atoms with Gasteiger partial charge in [-0.05, 0) is 50.7 Å². The molecule has 0 aliphatic heterocycles. The molecule has 1 aromatic heterocycles. The predicted molar refractivity (Wildman–Crippen MR) is 179 cm³/mol. The number of aromatic nitrogens is 2. The molecule has 2 nitrogen and oxygen atoms in total. The van der Waals surface area contributed by atoms with Gasteiger partial charge in [-0.2, -0.15) is 0 Å². The molecule has 0 amide bonds. The van der Waals surface area contributed by atoms with Crippen LogP contribution in [0, 0.1) is 0 Å². The molecule has 0 atom stereocenters. The van der Waals surface area contributed by atoms with Crippen molar-refractivity contribution >= 4 is 22.5 Å². The minimum atomic E-state index is 1.10. The number of nitrogens with zero attached hydrogens (tertiary/aromatic N) is 2. The largest absolute Gasteiger partial charge is 0.143 e. The van der Waals surface area contributed by atoms with E-state index in [1.54, 1.807) is 11.3 Å². The van der Waals surface area contributed by atoms with Crippen LogP contribution in [0.1, 0.15) is 205 Å². The van der Waals surface area contributed by atoms with Crippen LogP contribution in [0.3, 0.4) is 0 Å². The van der Waals surface area contributed by atoms with Crippen LogP contribution in [0.5, 0.6) is 0 Å². The van der Waals surface area contributed by atoms with E-state index >= 15 is 0 Å². The van der Waals surface area contributed by atoms with Crippen molar-refractivity contribution in [1.82, 2.24) is 10.2 Å². The van der Waals surface area contributed by atoms with Crippen molar-refractivity contribution in [2.24, 2.45) is 0 Å². The van der Waals surface area contributed by atoms with Crippen LogP contribution in [0.2, 0.25) is 0 Å². The summed E-state index contributed by atoms with van der Waals surface area (Å²) in [6, 6.07) is 0. The van der Waals surface area contributed by atoms with Crippen molar-refractivity contribution < 1.29 is 0 Å². The first-order valence-electron chi connectivity index (χ1n) is 17.4. The van der Waals surface area contributed by atoms with Gasteiger partial charge < -0.3 is 0 Å². The SMILES string of the molecule is CCCCCCCCCCCCCCC=C(C)c1nnc(C(C)=CCCCCCCCCCCCCCC)s1. The quantitative estimate of drug-likeness (QED) is 0.0956. The summed E-state index contributed by atoms with van der Waals surface area (Å²) in [6.07, 6.45) is 41.0. The molecule has 39 heavy (non-hydrogen) atoms. The number of hydrogen-bond acceptors (Lipinski definition) is 3. The van der Waals surface area contributed by atoms with Crippen molar-refractivity contribution in [3.8, 4) is 0 Å². The third-order valence-electron chi connectivity index (χ3n) is 8.12. The summed E-state index contributed by atoms with van der Waals surface area (Å²) >= 11 is 1.76. The Morgan fingerprint density at radius 3 is 0.974 bits per heavy atom. The van der Waals surface area contributed by atoms with Gasteiger partial charge in [0.05, 0.1) is 0 Å². The monoisotopic (exact) mass is 558 g/mol. The zero-order chi connectivity index (χ0) is 28.2. The van der Waals surface area contributed by atoms with Crippen LogP contribution in [0.25, 0.3) is 11.1 Å². The summed E-state index contributed by atoms with van der Waals surface area (Å²) < 4.78 is 0. The molecule has 0 spiro atoms. The molecule has 0 N–H and O–H groups in total. The normalized spacial score (nSPS) is 12.5. The molecular formula is C36H66N2S. The highest BCUT2D eigenvalue weighted by atomic mass is 32.1. The van der Waals surface area contributed by atoms with Crippen LogP contribution >= 0.6 is 11.3 Å². The first-order valence-corrected chi connectivity index (χ1v) is 18.2. The average Bonchev–Trinajstić information content (AvgIpc) is 3.44. The Kier molecular flexibility index (Phi) is 25.2. The molecule has 1 heterocycles. The van der Waals surface area contributed by atoms with E-state index in [4.69, 9.17) is 0 Å². The van der Waals surface area contributed by atoms with Gasteiger partial charge in [-0.15, -0.1) is 10.2 Å². The van der Waals surface area contributed by atoms with Gasteiger partial charge in [0.25, 0.3) is 0 Å². The van der Waals surface area contributed by atoms with Crippen LogP contribution in [-0.2, 0) is 0 Å². The third-order valence-corrected chi connectivity index (χ3v) is 9.31. The summed E-state index contributed by atoms with van der Waals surface area (Å²) in [5.74, 6) is 0. The Morgan fingerprint density at radius 2 is 0.692 bits per heavy atom. The second-order valence-corrected chi connectivity index (χ2v) is 13.0. The maximum absolute atomic E-state index is 4.49. The fourth-order valence-electron chi connectivity index (χ4n) is 5.32. The minimum absolute atomic E-state index is 1.10. The number of rotatable bonds is 28. The fourth-order valence-corrected chi connectivity index (χ4v) is 6.16. The highest BCUT2D eigenvalue weighted by molar-refractivity contribution is 7.13. The first-order chi connectivity index (χ1) is 19.2. The topological polar surface area (TPSA) is 25.8 Å². The Morgan fingerprint density at radius 1 is 0.436 bits per heavy atom. The van der Waals surface area contributed by atoms with Gasteiger partial charge in [0.15, 0.2) is 0 Å². The van der Waals surface area contributed by atoms with Crippen LogP contribution < -0.4 is 0 Å². The second kappa shape index (κ2) is 27.2. The van der Waals surface area contributed by atoms with Crippen LogP contribution in [-0.4, -0.2) is 10.2 Å². The Bertz CT molecular complexity index is 659. The van der Waals surface area contributed by atoms with Gasteiger partial charge in [0.1, 0.15) is 10.0 Å². The lowest BCUT2D eigenvalue weighted by Crippen LogP contribution is -1.83. The molecule has 0 saturated heterocycles. The van der Waals surface area contributed by atoms with E-state index in [1.165, 1.54) is 178 Å². The highest BCUT2D eigenvalue weighted by Crippen LogP contribution is 2.25. The van der Waals surface area contributed by atoms with Gasteiger partial charge in [-0.1, -0.05) is 179 Å². The molecule has 0 aliphatic carbocycles. The van der Waals surface area contributed by atoms with Gasteiger partial charge in [-0.3, -0.25) is 0 Å². The lowest BCUT2D eigenvalue weighted by atomic mass is 10.0. The summed E-state index contributed by atoms with van der Waals surface area (Å²) in [5.41, 5.74) is 2.60. The van der Waals surface area contributed by atoms with Crippen molar-refractivity contribution in [3.05, 3.63) is 22.2 Å². The van der Waals surface area contributed by atoms with Gasteiger partial charge in [-0.25, -0.2) is 0 Å². The smallest absolute Gasteiger partial charge is 0.138 e. The number of unbranched alkanes of at least 4 members (excludes halogenated alkanes) is 24. The summed E-state index contributed by atoms with van der Waals surface area (Å²) in [5, 5.41) is 11.2. The second-order valence-electron chi connectivity index (χ2n) is 12.0. The number of allylic oxidation sites excluding steroid dienone is 4. The molecule has 0 saturated carbocycles. The molecule has 0 bridgehead atoms. The van der Waals surface area contributed by atoms with E-state index in [0.29, 0.717) is 0 Å². The van der Waals surface area contributed by atoms with Gasteiger partial charge >= 0.3 is 0 Å². The predicted octanol–water partition coefficient (Wildman–Crippen LogP) is 13.5. The molecule has 0 aromatic carbocycles. The molecule has 0 fully saturated rings. The van der Waals surface area contributed by atoms with E-state index in [-0.39, 0.29) is 0 Å². The van der Waals surface area contributed by atoms with Crippen molar-refractivity contribution in [3.63, 3.8) is 0 Å². The molecule has 226 valence electrons. The maximum atomic E-state index is 4.49. The molecule has 3 heteroatoms. The molecule has 1 rings (SSSR count). The molecule has 0 aliphatic rings. The molecular weight excluding hydrogens is 492 g/mol. The number of hydrogen-bond donors (Lipinski definition) is 0. The first kappa shape index (κ1) is 36.1. The Balaban J connectivity index is 2.05. The lowest BCUT2D eigenvalue weighted by molar-refractivity contribution is 0.545. The van der Waals surface area contributed by atoms with E-state index < -0.39 is 0 Å². The van der Waals surface area contributed by atoms with Crippen LogP contribution in [0.4, 0.5) is 0 Å². The van der Waals surface area contributed by atoms with Gasteiger partial charge in [0.2, 0.25) is 0 Å². The summed E-state index contributed by atoms with van der Waals surface area (Å²) in [4.78, 5) is 0. The van der Waals surface area contributed by atoms with Crippen molar-refractivity contribution in [2.75, 3.05) is 0 Å². The van der Waals surface area contributed by atoms with E-state index in [9.17, 15) is 0 Å². The Hall–Kier alpha value is -0.960. The van der Waals surface area contributed by atoms with E-state index in [0.717, 1.165) is 10.0 Å². The Labute approximate surface area is 249 Å². The highest BCUT2D eigenvalue weighted by Gasteiger charge is 2.07. The molecule has 0 unspecified atom stereocenters. The minimum Gasteiger partial charge on any atom is -0.138 e. The zero-order valence-electron chi connectivity index (χ0n) is 26.8. The summed E-state index contributed by atoms with van der Waals surface area (Å²) in [6.45, 7) is 9.00. The van der Waals surface area contributed by atoms with E-state index in [2.05, 4.69) is 50.0 Å². The average molecular weight is 559 g/mol. The third kappa shape index (κ3) is 21.5. The maximum Gasteiger partial charge on any atom is 0.143 e. The molecule has 0 radical (unpaired) electrons. The lowest BCUT2D eigenvalue weighted by Gasteiger charge is -2.02. The fraction of sp³-hybridized carbons (Fsp3) is 0.833. The van der Waals surface area contributed by atoms with Crippen molar-refractivity contribution in [2.45, 2.75) is 195 Å².